The Morgan fingerprint density at radius 2 is 2.10 bits per heavy atom. The lowest BCUT2D eigenvalue weighted by atomic mass is 9.91. The number of amides is 1. The fraction of sp³-hybridized carbons (Fsp3) is 0.533. The minimum Gasteiger partial charge on any atom is -0.368 e. The Morgan fingerprint density at radius 3 is 2.70 bits per heavy atom. The monoisotopic (exact) mass is 298 g/mol. The van der Waals surface area contributed by atoms with Crippen molar-refractivity contribution >= 4 is 24.0 Å². The van der Waals surface area contributed by atoms with Crippen LogP contribution in [0.1, 0.15) is 25.3 Å². The van der Waals surface area contributed by atoms with Gasteiger partial charge in [-0.05, 0) is 50.0 Å². The summed E-state index contributed by atoms with van der Waals surface area (Å²) in [5, 5.41) is 6.24. The van der Waals surface area contributed by atoms with E-state index in [9.17, 15) is 4.79 Å². The van der Waals surface area contributed by atoms with Gasteiger partial charge in [0.15, 0.2) is 0 Å². The van der Waals surface area contributed by atoms with Gasteiger partial charge in [0.25, 0.3) is 5.91 Å². The predicted molar refractivity (Wildman–Crippen MR) is 83.5 cm³/mol. The molecule has 4 nitrogen and oxygen atoms in total. The normalized spacial score (nSPS) is 17.1. The Hall–Kier alpha value is -1.10. The number of hydrogen-bond donors (Lipinski definition) is 2. The van der Waals surface area contributed by atoms with Gasteiger partial charge < -0.3 is 15.4 Å². The molecule has 112 valence electrons. The largest absolute Gasteiger partial charge is 0.368 e. The molecule has 0 atom stereocenters. The van der Waals surface area contributed by atoms with E-state index in [0.29, 0.717) is 12.8 Å². The summed E-state index contributed by atoms with van der Waals surface area (Å²) in [6.07, 6.45) is 2.38. The van der Waals surface area contributed by atoms with E-state index < -0.39 is 5.60 Å². The van der Waals surface area contributed by atoms with Crippen LogP contribution in [-0.2, 0) is 16.0 Å². The van der Waals surface area contributed by atoms with E-state index in [2.05, 4.69) is 23.6 Å². The Labute approximate surface area is 126 Å². The second-order valence-electron chi connectivity index (χ2n) is 4.96. The van der Waals surface area contributed by atoms with Gasteiger partial charge in [0.05, 0.1) is 0 Å². The molecular formula is C15H23ClN2O2. The molecule has 20 heavy (non-hydrogen) atoms. The van der Waals surface area contributed by atoms with Crippen molar-refractivity contribution in [1.29, 1.82) is 0 Å². The molecule has 1 aliphatic rings. The van der Waals surface area contributed by atoms with Crippen molar-refractivity contribution in [3.63, 3.8) is 0 Å². The summed E-state index contributed by atoms with van der Waals surface area (Å²) in [7, 11) is 1.62. The van der Waals surface area contributed by atoms with Crippen molar-refractivity contribution in [2.75, 3.05) is 25.5 Å². The first-order chi connectivity index (χ1) is 9.20. The highest BCUT2D eigenvalue weighted by Crippen LogP contribution is 2.24. The zero-order valence-electron chi connectivity index (χ0n) is 12.1. The number of halogens is 1. The van der Waals surface area contributed by atoms with Crippen LogP contribution in [-0.4, -0.2) is 31.7 Å². The zero-order chi connectivity index (χ0) is 13.7. The average molecular weight is 299 g/mol. The third-order valence-corrected chi connectivity index (χ3v) is 3.81. The Balaban J connectivity index is 0.00000200. The highest BCUT2D eigenvalue weighted by atomic mass is 35.5. The standard InChI is InChI=1S/C15H22N2O2.ClH/c1-3-12-5-4-6-13(11-12)17-14(18)15(19-2)7-9-16-10-8-15;/h4-6,11,16H,3,7-10H2,1-2H3,(H,17,18);1H. The van der Waals surface area contributed by atoms with E-state index in [4.69, 9.17) is 4.74 Å². The number of rotatable bonds is 4. The van der Waals surface area contributed by atoms with Gasteiger partial charge in [0.2, 0.25) is 0 Å². The molecule has 1 aromatic carbocycles. The van der Waals surface area contributed by atoms with E-state index in [1.807, 2.05) is 18.2 Å². The molecule has 0 unspecified atom stereocenters. The highest BCUT2D eigenvalue weighted by molar-refractivity contribution is 5.97. The summed E-state index contributed by atoms with van der Waals surface area (Å²) in [5.74, 6) is -0.0373. The summed E-state index contributed by atoms with van der Waals surface area (Å²) in [5.41, 5.74) is 1.38. The van der Waals surface area contributed by atoms with Crippen molar-refractivity contribution in [3.05, 3.63) is 29.8 Å². The highest BCUT2D eigenvalue weighted by Gasteiger charge is 2.39. The maximum atomic E-state index is 12.5. The Morgan fingerprint density at radius 1 is 1.40 bits per heavy atom. The minimum absolute atomic E-state index is 0. The summed E-state index contributed by atoms with van der Waals surface area (Å²) >= 11 is 0. The van der Waals surface area contributed by atoms with Gasteiger partial charge in [0.1, 0.15) is 5.60 Å². The van der Waals surface area contributed by atoms with Gasteiger partial charge in [-0.3, -0.25) is 4.79 Å². The van der Waals surface area contributed by atoms with Gasteiger partial charge in [-0.25, -0.2) is 0 Å². The molecule has 0 aliphatic carbocycles. The molecule has 5 heteroatoms. The van der Waals surface area contributed by atoms with E-state index in [1.54, 1.807) is 7.11 Å². The van der Waals surface area contributed by atoms with Gasteiger partial charge in [-0.2, -0.15) is 0 Å². The number of aryl methyl sites for hydroxylation is 1. The number of hydrogen-bond acceptors (Lipinski definition) is 3. The molecule has 0 saturated carbocycles. The summed E-state index contributed by atoms with van der Waals surface area (Å²) in [6.45, 7) is 3.73. The molecule has 2 N–H and O–H groups in total. The van der Waals surface area contributed by atoms with Gasteiger partial charge in [-0.15, -0.1) is 12.4 Å². The van der Waals surface area contributed by atoms with Crippen molar-refractivity contribution in [1.82, 2.24) is 5.32 Å². The number of methoxy groups -OCH3 is 1. The number of piperidine rings is 1. The fourth-order valence-corrected chi connectivity index (χ4v) is 2.47. The number of nitrogens with one attached hydrogen (secondary N) is 2. The smallest absolute Gasteiger partial charge is 0.256 e. The summed E-state index contributed by atoms with van der Waals surface area (Å²) < 4.78 is 5.52. The van der Waals surface area contributed by atoms with Crippen LogP contribution in [0.5, 0.6) is 0 Å². The van der Waals surface area contributed by atoms with Crippen molar-refractivity contribution in [3.8, 4) is 0 Å². The molecule has 0 spiro atoms. The number of benzene rings is 1. The lowest BCUT2D eigenvalue weighted by Gasteiger charge is -2.34. The third kappa shape index (κ3) is 3.72. The second kappa shape index (κ2) is 7.62. The average Bonchev–Trinajstić information content (AvgIpc) is 2.48. The molecule has 0 radical (unpaired) electrons. The first kappa shape index (κ1) is 17.0. The van der Waals surface area contributed by atoms with Crippen molar-refractivity contribution in [2.24, 2.45) is 0 Å². The molecule has 0 bridgehead atoms. The minimum atomic E-state index is -0.687. The number of anilines is 1. The third-order valence-electron chi connectivity index (χ3n) is 3.81. The first-order valence-electron chi connectivity index (χ1n) is 6.86. The van der Waals surface area contributed by atoms with Crippen LogP contribution in [0.2, 0.25) is 0 Å². The van der Waals surface area contributed by atoms with Crippen LogP contribution in [0.4, 0.5) is 5.69 Å². The second-order valence-corrected chi connectivity index (χ2v) is 4.96. The fourth-order valence-electron chi connectivity index (χ4n) is 2.47. The van der Waals surface area contributed by atoms with E-state index in [-0.39, 0.29) is 18.3 Å². The summed E-state index contributed by atoms with van der Waals surface area (Å²) in [4.78, 5) is 12.5. The van der Waals surface area contributed by atoms with Crippen LogP contribution in [0.25, 0.3) is 0 Å². The van der Waals surface area contributed by atoms with E-state index in [1.165, 1.54) is 5.56 Å². The predicted octanol–water partition coefficient (Wildman–Crippen LogP) is 2.38. The van der Waals surface area contributed by atoms with Crippen LogP contribution in [0, 0.1) is 0 Å². The maximum Gasteiger partial charge on any atom is 0.256 e. The first-order valence-corrected chi connectivity index (χ1v) is 6.86. The lowest BCUT2D eigenvalue weighted by molar-refractivity contribution is -0.140. The SMILES string of the molecule is CCc1cccc(NC(=O)C2(OC)CCNCC2)c1.Cl. The van der Waals surface area contributed by atoms with Gasteiger partial charge in [-0.1, -0.05) is 19.1 Å². The van der Waals surface area contributed by atoms with Crippen LogP contribution in [0.15, 0.2) is 24.3 Å². The molecule has 1 fully saturated rings. The Bertz CT molecular complexity index is 445. The maximum absolute atomic E-state index is 12.5. The quantitative estimate of drug-likeness (QED) is 0.897. The number of carbonyl (C=O) groups is 1. The zero-order valence-corrected chi connectivity index (χ0v) is 12.9. The van der Waals surface area contributed by atoms with Crippen LogP contribution in [0.3, 0.4) is 0 Å². The molecule has 1 saturated heterocycles. The van der Waals surface area contributed by atoms with Gasteiger partial charge >= 0.3 is 0 Å². The molecule has 1 aliphatic heterocycles. The van der Waals surface area contributed by atoms with E-state index in [0.717, 1.165) is 25.2 Å². The topological polar surface area (TPSA) is 50.4 Å². The lowest BCUT2D eigenvalue weighted by Crippen LogP contribution is -2.51. The molecule has 2 rings (SSSR count). The molecule has 1 amide bonds. The van der Waals surface area contributed by atoms with Crippen molar-refractivity contribution < 1.29 is 9.53 Å². The number of carbonyl (C=O) groups excluding carboxylic acids is 1. The van der Waals surface area contributed by atoms with Crippen molar-refractivity contribution in [2.45, 2.75) is 31.8 Å². The van der Waals surface area contributed by atoms with E-state index >= 15 is 0 Å². The van der Waals surface area contributed by atoms with Crippen LogP contribution < -0.4 is 10.6 Å². The molecule has 0 aromatic heterocycles. The molecule has 1 heterocycles. The summed E-state index contributed by atoms with van der Waals surface area (Å²) in [6, 6.07) is 7.96. The molecule has 1 aromatic rings. The number of ether oxygens (including phenoxy) is 1. The van der Waals surface area contributed by atoms with Crippen LogP contribution >= 0.6 is 12.4 Å². The van der Waals surface area contributed by atoms with Gasteiger partial charge in [0, 0.05) is 12.8 Å². The Kier molecular flexibility index (Phi) is 6.46. The molecular weight excluding hydrogens is 276 g/mol.